The summed E-state index contributed by atoms with van der Waals surface area (Å²) in [5, 5.41) is 0. The van der Waals surface area contributed by atoms with E-state index in [1.807, 2.05) is 60.7 Å². The highest BCUT2D eigenvalue weighted by Gasteiger charge is 2.09. The van der Waals surface area contributed by atoms with Gasteiger partial charge in [-0.05, 0) is 11.1 Å². The Bertz CT molecular complexity index is 788. The van der Waals surface area contributed by atoms with Crippen molar-refractivity contribution in [2.24, 2.45) is 0 Å². The minimum atomic E-state index is 0.310. The van der Waals surface area contributed by atoms with Crippen molar-refractivity contribution in [3.8, 4) is 11.5 Å². The maximum atomic E-state index is 11.0. The average molecular weight is 319 g/mol. The fourth-order valence-electron chi connectivity index (χ4n) is 2.20. The van der Waals surface area contributed by atoms with Crippen molar-refractivity contribution in [2.45, 2.75) is 13.2 Å². The third-order valence-corrected chi connectivity index (χ3v) is 3.45. The summed E-state index contributed by atoms with van der Waals surface area (Å²) < 4.78 is 11.6. The molecular weight excluding hydrogens is 302 g/mol. The van der Waals surface area contributed by atoms with E-state index in [1.165, 1.54) is 6.20 Å². The number of carbonyl (C=O) groups excluding carboxylic acids is 1. The van der Waals surface area contributed by atoms with E-state index in [-0.39, 0.29) is 0 Å². The lowest BCUT2D eigenvalue weighted by atomic mass is 10.2. The summed E-state index contributed by atoms with van der Waals surface area (Å²) in [7, 11) is 0. The molecule has 1 heterocycles. The summed E-state index contributed by atoms with van der Waals surface area (Å²) >= 11 is 0. The van der Waals surface area contributed by atoms with E-state index in [1.54, 1.807) is 6.07 Å². The second-order valence-electron chi connectivity index (χ2n) is 5.22. The number of hydrogen-bond donors (Lipinski definition) is 0. The molecule has 0 saturated heterocycles. The lowest BCUT2D eigenvalue weighted by Crippen LogP contribution is -2.02. The quantitative estimate of drug-likeness (QED) is 0.616. The van der Waals surface area contributed by atoms with Gasteiger partial charge in [-0.25, -0.2) is 4.98 Å². The van der Waals surface area contributed by atoms with Gasteiger partial charge in [0.2, 0.25) is 0 Å². The molecule has 0 aliphatic carbocycles. The van der Waals surface area contributed by atoms with Crippen molar-refractivity contribution in [3.63, 3.8) is 0 Å². The first-order chi connectivity index (χ1) is 11.8. The zero-order valence-corrected chi connectivity index (χ0v) is 13.1. The van der Waals surface area contributed by atoms with Gasteiger partial charge in [0.05, 0.1) is 6.20 Å². The van der Waals surface area contributed by atoms with E-state index in [9.17, 15) is 4.79 Å². The first-order valence-electron chi connectivity index (χ1n) is 7.64. The van der Waals surface area contributed by atoms with Gasteiger partial charge in [0, 0.05) is 6.07 Å². The molecule has 120 valence electrons. The van der Waals surface area contributed by atoms with Crippen LogP contribution in [-0.2, 0) is 13.2 Å². The molecule has 0 fully saturated rings. The maximum Gasteiger partial charge on any atom is 0.179 e. The Balaban J connectivity index is 1.74. The molecule has 0 saturated carbocycles. The second-order valence-corrected chi connectivity index (χ2v) is 5.22. The Morgan fingerprint density at radius 3 is 1.88 bits per heavy atom. The monoisotopic (exact) mass is 319 g/mol. The van der Waals surface area contributed by atoms with Gasteiger partial charge in [-0.1, -0.05) is 60.7 Å². The molecule has 0 N–H and O–H groups in total. The molecule has 3 rings (SSSR count). The van der Waals surface area contributed by atoms with Crippen molar-refractivity contribution >= 4 is 6.29 Å². The summed E-state index contributed by atoms with van der Waals surface area (Å²) in [5.41, 5.74) is 2.40. The number of carbonyl (C=O) groups is 1. The predicted molar refractivity (Wildman–Crippen MR) is 91.2 cm³/mol. The molecule has 4 heteroatoms. The number of rotatable bonds is 7. The highest BCUT2D eigenvalue weighted by atomic mass is 16.5. The Morgan fingerprint density at radius 1 is 0.792 bits per heavy atom. The number of benzene rings is 2. The lowest BCUT2D eigenvalue weighted by molar-refractivity contribution is 0.111. The number of pyridine rings is 1. The molecule has 2 aromatic carbocycles. The van der Waals surface area contributed by atoms with Crippen molar-refractivity contribution in [2.75, 3.05) is 0 Å². The molecule has 0 radical (unpaired) electrons. The van der Waals surface area contributed by atoms with Gasteiger partial charge in [0.15, 0.2) is 17.8 Å². The average Bonchev–Trinajstić information content (AvgIpc) is 2.66. The number of ether oxygens (including phenoxy) is 2. The van der Waals surface area contributed by atoms with Crippen LogP contribution in [0.15, 0.2) is 72.9 Å². The Hall–Kier alpha value is -3.14. The smallest absolute Gasteiger partial charge is 0.179 e. The van der Waals surface area contributed by atoms with Gasteiger partial charge in [-0.15, -0.1) is 0 Å². The van der Waals surface area contributed by atoms with E-state index in [4.69, 9.17) is 9.47 Å². The normalized spacial score (nSPS) is 10.2. The largest absolute Gasteiger partial charge is 0.485 e. The molecule has 1 aromatic heterocycles. The van der Waals surface area contributed by atoms with Gasteiger partial charge in [0.25, 0.3) is 0 Å². The SMILES string of the molecule is O=Cc1cc(OCc2ccccc2)c(OCc2ccccc2)cn1. The van der Waals surface area contributed by atoms with E-state index in [2.05, 4.69) is 4.98 Å². The number of hydrogen-bond acceptors (Lipinski definition) is 4. The molecule has 0 unspecified atom stereocenters. The standard InChI is InChI=1S/C20H17NO3/c22-13-18-11-19(23-14-16-7-3-1-4-8-16)20(12-21-18)24-15-17-9-5-2-6-10-17/h1-13H,14-15H2. The Kier molecular flexibility index (Phi) is 5.20. The van der Waals surface area contributed by atoms with Crippen molar-refractivity contribution in [3.05, 3.63) is 89.7 Å². The fourth-order valence-corrected chi connectivity index (χ4v) is 2.20. The molecule has 0 bridgehead atoms. The zero-order valence-electron chi connectivity index (χ0n) is 13.1. The molecule has 0 aliphatic heterocycles. The summed E-state index contributed by atoms with van der Waals surface area (Å²) in [4.78, 5) is 15.0. The van der Waals surface area contributed by atoms with Crippen LogP contribution in [0.4, 0.5) is 0 Å². The Labute approximate surface area is 140 Å². The highest BCUT2D eigenvalue weighted by molar-refractivity contribution is 5.73. The summed E-state index contributed by atoms with van der Waals surface area (Å²) in [5.74, 6) is 1.02. The van der Waals surface area contributed by atoms with Gasteiger partial charge in [-0.3, -0.25) is 4.79 Å². The van der Waals surface area contributed by atoms with E-state index >= 15 is 0 Å². The molecular formula is C20H17NO3. The number of aldehydes is 1. The minimum absolute atomic E-state index is 0.310. The van der Waals surface area contributed by atoms with E-state index in [0.29, 0.717) is 36.7 Å². The van der Waals surface area contributed by atoms with Crippen LogP contribution >= 0.6 is 0 Å². The molecule has 24 heavy (non-hydrogen) atoms. The van der Waals surface area contributed by atoms with Crippen LogP contribution in [0.3, 0.4) is 0 Å². The topological polar surface area (TPSA) is 48.4 Å². The highest BCUT2D eigenvalue weighted by Crippen LogP contribution is 2.28. The first-order valence-corrected chi connectivity index (χ1v) is 7.64. The molecule has 3 aromatic rings. The molecule has 4 nitrogen and oxygen atoms in total. The van der Waals surface area contributed by atoms with Crippen LogP contribution in [0.25, 0.3) is 0 Å². The predicted octanol–water partition coefficient (Wildman–Crippen LogP) is 4.05. The van der Waals surface area contributed by atoms with Crippen molar-refractivity contribution in [1.82, 2.24) is 4.98 Å². The minimum Gasteiger partial charge on any atom is -0.485 e. The van der Waals surface area contributed by atoms with Crippen molar-refractivity contribution < 1.29 is 14.3 Å². The van der Waals surface area contributed by atoms with Gasteiger partial charge >= 0.3 is 0 Å². The lowest BCUT2D eigenvalue weighted by Gasteiger charge is -2.13. The number of aromatic nitrogens is 1. The van der Waals surface area contributed by atoms with Crippen molar-refractivity contribution in [1.29, 1.82) is 0 Å². The van der Waals surface area contributed by atoms with Crippen LogP contribution in [0, 0.1) is 0 Å². The molecule has 0 amide bonds. The van der Waals surface area contributed by atoms with Crippen LogP contribution in [0.2, 0.25) is 0 Å². The molecule has 0 aliphatic rings. The first kappa shape index (κ1) is 15.7. The third-order valence-electron chi connectivity index (χ3n) is 3.45. The van der Waals surface area contributed by atoms with Gasteiger partial charge in [0.1, 0.15) is 18.9 Å². The summed E-state index contributed by atoms with van der Waals surface area (Å²) in [6.45, 7) is 0.801. The van der Waals surface area contributed by atoms with E-state index < -0.39 is 0 Å². The second kappa shape index (κ2) is 7.92. The van der Waals surface area contributed by atoms with Crippen LogP contribution in [0.5, 0.6) is 11.5 Å². The number of nitrogens with zero attached hydrogens (tertiary/aromatic N) is 1. The van der Waals surface area contributed by atoms with E-state index in [0.717, 1.165) is 11.1 Å². The summed E-state index contributed by atoms with van der Waals surface area (Å²) in [6, 6.07) is 21.2. The van der Waals surface area contributed by atoms with Crippen LogP contribution < -0.4 is 9.47 Å². The maximum absolute atomic E-state index is 11.0. The third kappa shape index (κ3) is 4.20. The van der Waals surface area contributed by atoms with Crippen LogP contribution in [0.1, 0.15) is 21.6 Å². The van der Waals surface area contributed by atoms with Gasteiger partial charge in [-0.2, -0.15) is 0 Å². The molecule has 0 atom stereocenters. The van der Waals surface area contributed by atoms with Crippen LogP contribution in [-0.4, -0.2) is 11.3 Å². The zero-order chi connectivity index (χ0) is 16.6. The van der Waals surface area contributed by atoms with Gasteiger partial charge < -0.3 is 9.47 Å². The Morgan fingerprint density at radius 2 is 1.33 bits per heavy atom. The molecule has 0 spiro atoms. The summed E-state index contributed by atoms with van der Waals surface area (Å²) in [6.07, 6.45) is 2.21. The fraction of sp³-hybridized carbons (Fsp3) is 0.100.